The fraction of sp³-hybridized carbons (Fsp3) is 0. The van der Waals surface area contributed by atoms with Gasteiger partial charge in [-0.1, -0.05) is 35.4 Å². The standard InChI is InChI=1S/C5H3Cl2NS3/c6-1-3(9)2(7)5(11)8-4(1)10/h(H3,8,9,10,11). The summed E-state index contributed by atoms with van der Waals surface area (Å²) in [5, 5.41) is 1.22. The molecule has 0 atom stereocenters. The Bertz CT molecular complexity index is 346. The maximum Gasteiger partial charge on any atom is 0.124 e. The molecule has 0 bridgehead atoms. The Labute approximate surface area is 89.9 Å². The van der Waals surface area contributed by atoms with Crippen LogP contribution in [-0.4, -0.2) is 4.98 Å². The van der Waals surface area contributed by atoms with Gasteiger partial charge >= 0.3 is 0 Å². The minimum Gasteiger partial charge on any atom is -0.339 e. The lowest BCUT2D eigenvalue weighted by molar-refractivity contribution is 1.08. The van der Waals surface area contributed by atoms with E-state index in [0.717, 1.165) is 0 Å². The monoisotopic (exact) mass is 243 g/mol. The van der Waals surface area contributed by atoms with E-state index in [1.165, 1.54) is 0 Å². The van der Waals surface area contributed by atoms with Crippen molar-refractivity contribution in [3.05, 3.63) is 14.7 Å². The van der Waals surface area contributed by atoms with Crippen LogP contribution in [0.2, 0.25) is 10.0 Å². The van der Waals surface area contributed by atoms with E-state index in [-0.39, 0.29) is 0 Å². The van der Waals surface area contributed by atoms with Crippen LogP contribution in [0.25, 0.3) is 0 Å². The molecule has 11 heavy (non-hydrogen) atoms. The molecule has 0 amide bonds. The SMILES string of the molecule is S=c1[nH]c(S)c(Cl)c(S)c1Cl. The van der Waals surface area contributed by atoms with E-state index in [2.05, 4.69) is 30.2 Å². The van der Waals surface area contributed by atoms with Crippen molar-refractivity contribution in [2.24, 2.45) is 0 Å². The first-order valence-electron chi connectivity index (χ1n) is 2.53. The maximum atomic E-state index is 5.74. The van der Waals surface area contributed by atoms with Crippen molar-refractivity contribution in [3.8, 4) is 0 Å². The van der Waals surface area contributed by atoms with E-state index in [0.29, 0.717) is 24.6 Å². The summed E-state index contributed by atoms with van der Waals surface area (Å²) >= 11 is 24.4. The van der Waals surface area contributed by atoms with Gasteiger partial charge in [-0.25, -0.2) is 0 Å². The first-order valence-corrected chi connectivity index (χ1v) is 4.59. The molecule has 0 radical (unpaired) electrons. The van der Waals surface area contributed by atoms with Gasteiger partial charge in [-0.05, 0) is 0 Å². The van der Waals surface area contributed by atoms with Gasteiger partial charge < -0.3 is 4.98 Å². The number of hydrogen-bond donors (Lipinski definition) is 3. The van der Waals surface area contributed by atoms with E-state index in [9.17, 15) is 0 Å². The van der Waals surface area contributed by atoms with Gasteiger partial charge in [0.1, 0.15) is 4.64 Å². The van der Waals surface area contributed by atoms with Gasteiger partial charge in [-0.3, -0.25) is 0 Å². The van der Waals surface area contributed by atoms with Gasteiger partial charge in [0.25, 0.3) is 0 Å². The molecule has 0 spiro atoms. The number of thiol groups is 2. The molecular weight excluding hydrogens is 241 g/mol. The molecule has 0 saturated carbocycles. The van der Waals surface area contributed by atoms with E-state index in [4.69, 9.17) is 35.4 Å². The Morgan fingerprint density at radius 2 is 1.73 bits per heavy atom. The van der Waals surface area contributed by atoms with E-state index >= 15 is 0 Å². The smallest absolute Gasteiger partial charge is 0.124 e. The molecule has 60 valence electrons. The molecule has 6 heteroatoms. The van der Waals surface area contributed by atoms with Crippen LogP contribution in [0.5, 0.6) is 0 Å². The zero-order valence-electron chi connectivity index (χ0n) is 5.06. The lowest BCUT2D eigenvalue weighted by atomic mass is 10.5. The molecule has 1 heterocycles. The summed E-state index contributed by atoms with van der Waals surface area (Å²) < 4.78 is 0.395. The van der Waals surface area contributed by atoms with Crippen LogP contribution in [0.3, 0.4) is 0 Å². The van der Waals surface area contributed by atoms with E-state index in [1.54, 1.807) is 0 Å². The predicted molar refractivity (Wildman–Crippen MR) is 56.2 cm³/mol. The molecule has 1 rings (SSSR count). The van der Waals surface area contributed by atoms with Crippen molar-refractivity contribution in [2.75, 3.05) is 0 Å². The first-order chi connectivity index (χ1) is 5.04. The summed E-state index contributed by atoms with van der Waals surface area (Å²) in [7, 11) is 0. The largest absolute Gasteiger partial charge is 0.339 e. The van der Waals surface area contributed by atoms with Crippen LogP contribution in [0.15, 0.2) is 9.92 Å². The van der Waals surface area contributed by atoms with E-state index in [1.807, 2.05) is 0 Å². The zero-order valence-corrected chi connectivity index (χ0v) is 9.18. The molecular formula is C5H3Cl2NS3. The number of nitrogens with one attached hydrogen (secondary N) is 1. The number of H-pyrrole nitrogens is 1. The molecule has 0 aliphatic heterocycles. The minimum absolute atomic E-state index is 0.353. The zero-order chi connectivity index (χ0) is 8.59. The van der Waals surface area contributed by atoms with Crippen LogP contribution in [0.1, 0.15) is 0 Å². The number of rotatable bonds is 0. The molecule has 0 saturated heterocycles. The van der Waals surface area contributed by atoms with Gasteiger partial charge in [0.2, 0.25) is 0 Å². The highest BCUT2D eigenvalue weighted by Crippen LogP contribution is 2.31. The Kier molecular flexibility index (Phi) is 3.17. The third-order valence-electron chi connectivity index (χ3n) is 1.06. The van der Waals surface area contributed by atoms with Crippen LogP contribution in [0.4, 0.5) is 0 Å². The first kappa shape index (κ1) is 9.74. The van der Waals surface area contributed by atoms with Crippen molar-refractivity contribution in [3.63, 3.8) is 0 Å². The molecule has 0 aromatic carbocycles. The lowest BCUT2D eigenvalue weighted by Crippen LogP contribution is -1.83. The van der Waals surface area contributed by atoms with Crippen LogP contribution in [0, 0.1) is 4.64 Å². The van der Waals surface area contributed by atoms with Gasteiger partial charge in [-0.2, -0.15) is 0 Å². The second-order valence-corrected chi connectivity index (χ2v) is 3.84. The normalized spacial score (nSPS) is 10.2. The summed E-state index contributed by atoms with van der Waals surface area (Å²) in [6.07, 6.45) is 0. The number of hydrogen-bond acceptors (Lipinski definition) is 3. The lowest BCUT2D eigenvalue weighted by Gasteiger charge is -2.02. The second-order valence-electron chi connectivity index (χ2n) is 1.78. The molecule has 0 fully saturated rings. The van der Waals surface area contributed by atoms with Crippen LogP contribution < -0.4 is 0 Å². The van der Waals surface area contributed by atoms with Crippen LogP contribution in [-0.2, 0) is 0 Å². The molecule has 0 aliphatic carbocycles. The summed E-state index contributed by atoms with van der Waals surface area (Å²) in [6.45, 7) is 0. The topological polar surface area (TPSA) is 15.8 Å². The molecule has 1 aromatic rings. The third-order valence-corrected chi connectivity index (χ3v) is 3.41. The fourth-order valence-corrected chi connectivity index (χ4v) is 1.76. The quantitative estimate of drug-likeness (QED) is 0.469. The highest BCUT2D eigenvalue weighted by atomic mass is 35.5. The average Bonchev–Trinajstić information content (AvgIpc) is 1.97. The van der Waals surface area contributed by atoms with Gasteiger partial charge in [0.15, 0.2) is 0 Å². The summed E-state index contributed by atoms with van der Waals surface area (Å²) in [5.41, 5.74) is 0. The number of pyridine rings is 1. The highest BCUT2D eigenvalue weighted by Gasteiger charge is 2.06. The van der Waals surface area contributed by atoms with Crippen molar-refractivity contribution in [1.29, 1.82) is 0 Å². The Balaban J connectivity index is 3.59. The summed E-state index contributed by atoms with van der Waals surface area (Å²) in [5.74, 6) is 0. The second kappa shape index (κ2) is 3.58. The highest BCUT2D eigenvalue weighted by molar-refractivity contribution is 7.81. The van der Waals surface area contributed by atoms with Gasteiger partial charge in [0.05, 0.1) is 15.1 Å². The summed E-state index contributed by atoms with van der Waals surface area (Å²) in [6, 6.07) is 0. The number of halogens is 2. The maximum absolute atomic E-state index is 5.74. The molecule has 1 nitrogen and oxygen atoms in total. The Hall–Kier alpha value is 0.650. The molecule has 1 aromatic heterocycles. The van der Waals surface area contributed by atoms with E-state index < -0.39 is 0 Å². The number of aromatic amines is 1. The van der Waals surface area contributed by atoms with Gasteiger partial charge in [-0.15, -0.1) is 25.3 Å². The average molecular weight is 244 g/mol. The third kappa shape index (κ3) is 1.87. The van der Waals surface area contributed by atoms with Crippen molar-refractivity contribution in [2.45, 2.75) is 9.92 Å². The van der Waals surface area contributed by atoms with Gasteiger partial charge in [0, 0.05) is 4.90 Å². The Morgan fingerprint density at radius 3 is 2.27 bits per heavy atom. The summed E-state index contributed by atoms with van der Waals surface area (Å²) in [4.78, 5) is 3.17. The fourth-order valence-electron chi connectivity index (χ4n) is 0.533. The molecule has 0 aliphatic rings. The van der Waals surface area contributed by atoms with Crippen molar-refractivity contribution >= 4 is 60.7 Å². The predicted octanol–water partition coefficient (Wildman–Crippen LogP) is 3.63. The Morgan fingerprint density at radius 1 is 1.18 bits per heavy atom. The van der Waals surface area contributed by atoms with Crippen molar-refractivity contribution < 1.29 is 0 Å². The van der Waals surface area contributed by atoms with Crippen LogP contribution >= 0.6 is 60.7 Å². The molecule has 1 N–H and O–H groups in total. The molecule has 0 unspecified atom stereocenters. The van der Waals surface area contributed by atoms with Crippen molar-refractivity contribution in [1.82, 2.24) is 4.98 Å². The minimum atomic E-state index is 0.353. The number of aromatic nitrogens is 1.